The van der Waals surface area contributed by atoms with Crippen LogP contribution in [0.2, 0.25) is 0 Å². The quantitative estimate of drug-likeness (QED) is 0.597. The molecule has 5 heteroatoms. The monoisotopic (exact) mass is 404 g/mol. The summed E-state index contributed by atoms with van der Waals surface area (Å²) in [5, 5.41) is 0. The van der Waals surface area contributed by atoms with Crippen LogP contribution in [0.4, 0.5) is 4.39 Å². The molecular weight excluding hydrogens is 379 g/mol. The van der Waals surface area contributed by atoms with Crippen LogP contribution in [0.25, 0.3) is 0 Å². The fraction of sp³-hybridized carbons (Fsp3) is 0.280. The van der Waals surface area contributed by atoms with Gasteiger partial charge in [-0.1, -0.05) is 30.3 Å². The van der Waals surface area contributed by atoms with Crippen LogP contribution in [0.15, 0.2) is 66.7 Å². The third kappa shape index (κ3) is 4.67. The van der Waals surface area contributed by atoms with Crippen LogP contribution in [0.3, 0.4) is 0 Å². The molecule has 0 bridgehead atoms. The van der Waals surface area contributed by atoms with E-state index < -0.39 is 0 Å². The molecule has 3 aromatic rings. The molecular formula is C25H25FN2O2. The van der Waals surface area contributed by atoms with E-state index in [9.17, 15) is 9.18 Å². The number of hydrogen-bond donors (Lipinski definition) is 0. The van der Waals surface area contributed by atoms with Crippen molar-refractivity contribution in [1.82, 2.24) is 9.88 Å². The number of nitrogens with zero attached hydrogens (tertiary/aromatic N) is 2. The van der Waals surface area contributed by atoms with Crippen molar-refractivity contribution in [2.24, 2.45) is 0 Å². The maximum absolute atomic E-state index is 13.1. The number of benzene rings is 2. The second kappa shape index (κ2) is 9.08. The number of rotatable bonds is 6. The lowest BCUT2D eigenvalue weighted by atomic mass is 10.1. The zero-order valence-electron chi connectivity index (χ0n) is 17.1. The summed E-state index contributed by atoms with van der Waals surface area (Å²) in [6.07, 6.45) is 2.90. The summed E-state index contributed by atoms with van der Waals surface area (Å²) >= 11 is 0. The molecule has 154 valence electrons. The molecule has 4 nitrogen and oxygen atoms in total. The number of pyridine rings is 1. The van der Waals surface area contributed by atoms with E-state index in [1.165, 1.54) is 12.1 Å². The molecule has 0 aliphatic carbocycles. The van der Waals surface area contributed by atoms with Crippen molar-refractivity contribution in [2.75, 3.05) is 13.7 Å². The molecule has 1 fully saturated rings. The SMILES string of the molecule is COc1ccc(CC(=O)N2CCC[C@@H]2c2cccc(Cc3ccc(F)cc3)n2)cc1. The molecule has 0 radical (unpaired) electrons. The lowest BCUT2D eigenvalue weighted by molar-refractivity contribution is -0.131. The normalized spacial score (nSPS) is 15.9. The Labute approximate surface area is 176 Å². The first-order valence-corrected chi connectivity index (χ1v) is 10.2. The van der Waals surface area contributed by atoms with Crippen molar-refractivity contribution < 1.29 is 13.9 Å². The van der Waals surface area contributed by atoms with Crippen molar-refractivity contribution in [3.05, 3.63) is 95.1 Å². The standard InChI is InChI=1S/C25H25FN2O2/c1-30-22-13-9-19(10-14-22)17-25(29)28-15-3-6-24(28)23-5-2-4-21(27-23)16-18-7-11-20(26)12-8-18/h2,4-5,7-14,24H,3,6,15-17H2,1H3/t24-/m1/s1. The van der Waals surface area contributed by atoms with Gasteiger partial charge in [-0.25, -0.2) is 4.39 Å². The Morgan fingerprint density at radius 3 is 2.53 bits per heavy atom. The molecule has 2 heterocycles. The molecule has 0 N–H and O–H groups in total. The molecule has 4 rings (SSSR count). The summed E-state index contributed by atoms with van der Waals surface area (Å²) in [6, 6.07) is 20.1. The highest BCUT2D eigenvalue weighted by Crippen LogP contribution is 2.31. The van der Waals surface area contributed by atoms with Crippen LogP contribution < -0.4 is 4.74 Å². The van der Waals surface area contributed by atoms with Gasteiger partial charge >= 0.3 is 0 Å². The second-order valence-corrected chi connectivity index (χ2v) is 7.63. The number of halogens is 1. The van der Waals surface area contributed by atoms with Gasteiger partial charge in [0, 0.05) is 18.7 Å². The first-order chi connectivity index (χ1) is 14.6. The number of carbonyl (C=O) groups excluding carboxylic acids is 1. The van der Waals surface area contributed by atoms with Crippen molar-refractivity contribution >= 4 is 5.91 Å². The minimum atomic E-state index is -0.238. The molecule has 1 aliphatic rings. The van der Waals surface area contributed by atoms with E-state index >= 15 is 0 Å². The van der Waals surface area contributed by atoms with Crippen molar-refractivity contribution in [2.45, 2.75) is 31.7 Å². The third-order valence-electron chi connectivity index (χ3n) is 5.56. The Kier molecular flexibility index (Phi) is 6.07. The molecule has 2 aromatic carbocycles. The number of amides is 1. The Morgan fingerprint density at radius 2 is 1.80 bits per heavy atom. The van der Waals surface area contributed by atoms with Gasteiger partial charge in [-0.05, 0) is 60.4 Å². The van der Waals surface area contributed by atoms with E-state index in [1.54, 1.807) is 19.2 Å². The van der Waals surface area contributed by atoms with Crippen molar-refractivity contribution in [3.63, 3.8) is 0 Å². The third-order valence-corrected chi connectivity index (χ3v) is 5.56. The van der Waals surface area contributed by atoms with Crippen LogP contribution in [0, 0.1) is 5.82 Å². The number of hydrogen-bond acceptors (Lipinski definition) is 3. The summed E-state index contributed by atoms with van der Waals surface area (Å²) in [5.74, 6) is 0.665. The lowest BCUT2D eigenvalue weighted by Crippen LogP contribution is -2.32. The van der Waals surface area contributed by atoms with E-state index in [2.05, 4.69) is 0 Å². The molecule has 0 spiro atoms. The van der Waals surface area contributed by atoms with Crippen LogP contribution in [-0.2, 0) is 17.6 Å². The molecule has 1 atom stereocenters. The van der Waals surface area contributed by atoms with Gasteiger partial charge in [0.2, 0.25) is 5.91 Å². The summed E-state index contributed by atoms with van der Waals surface area (Å²) in [7, 11) is 1.63. The maximum atomic E-state index is 13.1. The number of carbonyl (C=O) groups is 1. The number of ether oxygens (including phenoxy) is 1. The minimum Gasteiger partial charge on any atom is -0.497 e. The highest BCUT2D eigenvalue weighted by atomic mass is 19.1. The zero-order valence-corrected chi connectivity index (χ0v) is 17.1. The Bertz CT molecular complexity index is 1000. The predicted molar refractivity (Wildman–Crippen MR) is 114 cm³/mol. The van der Waals surface area contributed by atoms with E-state index in [-0.39, 0.29) is 17.8 Å². The van der Waals surface area contributed by atoms with Crippen LogP contribution in [0.1, 0.15) is 41.4 Å². The molecule has 1 aliphatic heterocycles. The van der Waals surface area contributed by atoms with E-state index in [0.29, 0.717) is 12.8 Å². The summed E-state index contributed by atoms with van der Waals surface area (Å²) in [5.41, 5.74) is 3.84. The van der Waals surface area contributed by atoms with Gasteiger partial charge in [-0.3, -0.25) is 9.78 Å². The van der Waals surface area contributed by atoms with Gasteiger partial charge in [0.05, 0.1) is 25.3 Å². The second-order valence-electron chi connectivity index (χ2n) is 7.63. The van der Waals surface area contributed by atoms with Crippen LogP contribution >= 0.6 is 0 Å². The minimum absolute atomic E-state index is 0.00363. The first kappa shape index (κ1) is 20.1. The fourth-order valence-corrected chi connectivity index (χ4v) is 3.99. The molecule has 0 saturated carbocycles. The Hall–Kier alpha value is -3.21. The lowest BCUT2D eigenvalue weighted by Gasteiger charge is -2.25. The summed E-state index contributed by atoms with van der Waals surface area (Å²) in [6.45, 7) is 0.753. The smallest absolute Gasteiger partial charge is 0.227 e. The van der Waals surface area contributed by atoms with Crippen molar-refractivity contribution in [1.29, 1.82) is 0 Å². The number of methoxy groups -OCH3 is 1. The van der Waals surface area contributed by atoms with Crippen LogP contribution in [0.5, 0.6) is 5.75 Å². The molecule has 30 heavy (non-hydrogen) atoms. The first-order valence-electron chi connectivity index (χ1n) is 10.2. The van der Waals surface area contributed by atoms with Crippen LogP contribution in [-0.4, -0.2) is 29.4 Å². The molecule has 1 saturated heterocycles. The number of aromatic nitrogens is 1. The summed E-state index contributed by atoms with van der Waals surface area (Å²) < 4.78 is 18.3. The Morgan fingerprint density at radius 1 is 1.07 bits per heavy atom. The fourth-order valence-electron chi connectivity index (χ4n) is 3.99. The summed E-state index contributed by atoms with van der Waals surface area (Å²) in [4.78, 5) is 19.8. The van der Waals surface area contributed by atoms with Gasteiger partial charge in [-0.15, -0.1) is 0 Å². The molecule has 0 unspecified atom stereocenters. The average Bonchev–Trinajstić information content (AvgIpc) is 3.26. The molecule has 1 aromatic heterocycles. The van der Waals surface area contributed by atoms with Gasteiger partial charge in [0.25, 0.3) is 0 Å². The van der Waals surface area contributed by atoms with E-state index in [1.807, 2.05) is 47.4 Å². The van der Waals surface area contributed by atoms with E-state index in [4.69, 9.17) is 9.72 Å². The average molecular weight is 404 g/mol. The zero-order chi connectivity index (χ0) is 20.9. The highest BCUT2D eigenvalue weighted by Gasteiger charge is 2.30. The van der Waals surface area contributed by atoms with Gasteiger partial charge in [0.15, 0.2) is 0 Å². The highest BCUT2D eigenvalue weighted by molar-refractivity contribution is 5.79. The van der Waals surface area contributed by atoms with E-state index in [0.717, 1.165) is 47.7 Å². The maximum Gasteiger partial charge on any atom is 0.227 e. The van der Waals surface area contributed by atoms with Gasteiger partial charge in [0.1, 0.15) is 11.6 Å². The van der Waals surface area contributed by atoms with Crippen molar-refractivity contribution in [3.8, 4) is 5.75 Å². The topological polar surface area (TPSA) is 42.4 Å². The number of likely N-dealkylation sites (tertiary alicyclic amines) is 1. The van der Waals surface area contributed by atoms with Gasteiger partial charge < -0.3 is 9.64 Å². The Balaban J connectivity index is 1.47. The predicted octanol–water partition coefficient (Wildman–Crippen LogP) is 4.73. The molecule has 1 amide bonds. The largest absolute Gasteiger partial charge is 0.497 e. The van der Waals surface area contributed by atoms with Gasteiger partial charge in [-0.2, -0.15) is 0 Å².